The summed E-state index contributed by atoms with van der Waals surface area (Å²) in [5.41, 5.74) is 0. The Morgan fingerprint density at radius 1 is 1.41 bits per heavy atom. The van der Waals surface area contributed by atoms with Gasteiger partial charge in [0.25, 0.3) is 5.91 Å². The van der Waals surface area contributed by atoms with E-state index in [1.54, 1.807) is 43.2 Å². The minimum atomic E-state index is -0.534. The van der Waals surface area contributed by atoms with Gasteiger partial charge in [0, 0.05) is 38.4 Å². The largest absolute Gasteiger partial charge is 0.481 e. The van der Waals surface area contributed by atoms with Gasteiger partial charge in [-0.15, -0.1) is 0 Å². The van der Waals surface area contributed by atoms with Gasteiger partial charge >= 0.3 is 0 Å². The molecule has 1 aliphatic rings. The summed E-state index contributed by atoms with van der Waals surface area (Å²) in [5, 5.41) is 0.589. The molecule has 0 aliphatic carbocycles. The van der Waals surface area contributed by atoms with Crippen molar-refractivity contribution >= 4 is 17.5 Å². The Morgan fingerprint density at radius 2 is 2.18 bits per heavy atom. The van der Waals surface area contributed by atoms with Gasteiger partial charge in [-0.1, -0.05) is 17.7 Å². The first-order chi connectivity index (χ1) is 10.6. The molecule has 2 rings (SSSR count). The molecule has 0 N–H and O–H groups in total. The first-order valence-electron chi connectivity index (χ1n) is 7.41. The van der Waals surface area contributed by atoms with Gasteiger partial charge in [-0.3, -0.25) is 4.79 Å². The van der Waals surface area contributed by atoms with Gasteiger partial charge in [-0.2, -0.15) is 0 Å². The SMILES string of the molecule is COCCCOC1CN(C(=O)[C@H](C)Oc2cccc(Cl)c2)C1. The van der Waals surface area contributed by atoms with Crippen LogP contribution in [0.3, 0.4) is 0 Å². The van der Waals surface area contributed by atoms with E-state index < -0.39 is 6.10 Å². The lowest BCUT2D eigenvalue weighted by atomic mass is 10.1. The summed E-state index contributed by atoms with van der Waals surface area (Å²) in [7, 11) is 1.67. The Kier molecular flexibility index (Phi) is 6.49. The van der Waals surface area contributed by atoms with Crippen LogP contribution < -0.4 is 4.74 Å². The molecule has 1 aromatic rings. The third-order valence-electron chi connectivity index (χ3n) is 3.46. The molecular formula is C16H22ClNO4. The summed E-state index contributed by atoms with van der Waals surface area (Å²) in [4.78, 5) is 14.0. The van der Waals surface area contributed by atoms with Gasteiger partial charge in [0.1, 0.15) is 5.75 Å². The average molecular weight is 328 g/mol. The quantitative estimate of drug-likeness (QED) is 0.688. The average Bonchev–Trinajstić information content (AvgIpc) is 2.44. The summed E-state index contributed by atoms with van der Waals surface area (Å²) in [5.74, 6) is 0.568. The standard InChI is InChI=1S/C16H22ClNO4/c1-12(22-14-6-3-5-13(17)9-14)16(19)18-10-15(11-18)21-8-4-7-20-2/h3,5-6,9,12,15H,4,7-8,10-11H2,1-2H3/t12-/m0/s1. The highest BCUT2D eigenvalue weighted by atomic mass is 35.5. The predicted molar refractivity (Wildman–Crippen MR) is 84.4 cm³/mol. The zero-order chi connectivity index (χ0) is 15.9. The Hall–Kier alpha value is -1.30. The Balaban J connectivity index is 1.69. The fourth-order valence-corrected chi connectivity index (χ4v) is 2.41. The van der Waals surface area contributed by atoms with Crippen LogP contribution in [0.2, 0.25) is 5.02 Å². The fourth-order valence-electron chi connectivity index (χ4n) is 2.23. The monoisotopic (exact) mass is 327 g/mol. The van der Waals surface area contributed by atoms with Crippen LogP contribution in [0, 0.1) is 0 Å². The number of halogens is 1. The molecule has 122 valence electrons. The molecule has 1 heterocycles. The number of benzene rings is 1. The highest BCUT2D eigenvalue weighted by Gasteiger charge is 2.34. The van der Waals surface area contributed by atoms with Crippen LogP contribution in [0.25, 0.3) is 0 Å². The Labute approximate surface area is 136 Å². The third-order valence-corrected chi connectivity index (χ3v) is 3.70. The number of hydrogen-bond donors (Lipinski definition) is 0. The van der Waals surface area contributed by atoms with Crippen LogP contribution in [0.1, 0.15) is 13.3 Å². The summed E-state index contributed by atoms with van der Waals surface area (Å²) in [6.07, 6.45) is 0.460. The molecule has 0 saturated carbocycles. The van der Waals surface area contributed by atoms with Crippen LogP contribution in [0.15, 0.2) is 24.3 Å². The molecule has 1 amide bonds. The van der Waals surface area contributed by atoms with Crippen LogP contribution in [0.4, 0.5) is 0 Å². The molecule has 1 saturated heterocycles. The number of amides is 1. The zero-order valence-corrected chi connectivity index (χ0v) is 13.7. The van der Waals surface area contributed by atoms with E-state index in [9.17, 15) is 4.79 Å². The van der Waals surface area contributed by atoms with Crippen molar-refractivity contribution in [2.24, 2.45) is 0 Å². The molecule has 0 radical (unpaired) electrons. The molecule has 0 spiro atoms. The van der Waals surface area contributed by atoms with Crippen LogP contribution in [-0.4, -0.2) is 56.4 Å². The lowest BCUT2D eigenvalue weighted by Gasteiger charge is -2.40. The Bertz CT molecular complexity index is 491. The zero-order valence-electron chi connectivity index (χ0n) is 13.0. The third kappa shape index (κ3) is 4.87. The van der Waals surface area contributed by atoms with E-state index in [1.807, 2.05) is 0 Å². The van der Waals surface area contributed by atoms with Crippen molar-refractivity contribution in [3.8, 4) is 5.75 Å². The van der Waals surface area contributed by atoms with Crippen molar-refractivity contribution < 1.29 is 19.0 Å². The van der Waals surface area contributed by atoms with E-state index in [0.717, 1.165) is 6.42 Å². The highest BCUT2D eigenvalue weighted by molar-refractivity contribution is 6.30. The minimum absolute atomic E-state index is 0.0308. The smallest absolute Gasteiger partial charge is 0.263 e. The van der Waals surface area contributed by atoms with Gasteiger partial charge in [0.2, 0.25) is 0 Å². The summed E-state index contributed by atoms with van der Waals surface area (Å²) in [6, 6.07) is 7.04. The van der Waals surface area contributed by atoms with E-state index in [4.69, 9.17) is 25.8 Å². The predicted octanol–water partition coefficient (Wildman–Crippen LogP) is 2.37. The van der Waals surface area contributed by atoms with Crippen molar-refractivity contribution in [1.29, 1.82) is 0 Å². The van der Waals surface area contributed by atoms with Gasteiger partial charge < -0.3 is 19.1 Å². The molecule has 1 aliphatic heterocycles. The van der Waals surface area contributed by atoms with Crippen LogP contribution in [-0.2, 0) is 14.3 Å². The van der Waals surface area contributed by atoms with Gasteiger partial charge in [0.05, 0.1) is 6.10 Å². The van der Waals surface area contributed by atoms with E-state index in [-0.39, 0.29) is 12.0 Å². The molecule has 0 unspecified atom stereocenters. The van der Waals surface area contributed by atoms with Gasteiger partial charge in [-0.25, -0.2) is 0 Å². The molecule has 22 heavy (non-hydrogen) atoms. The number of ether oxygens (including phenoxy) is 3. The minimum Gasteiger partial charge on any atom is -0.481 e. The fraction of sp³-hybridized carbons (Fsp3) is 0.562. The van der Waals surface area contributed by atoms with Crippen molar-refractivity contribution in [2.45, 2.75) is 25.6 Å². The first kappa shape index (κ1) is 17.1. The van der Waals surface area contributed by atoms with E-state index in [0.29, 0.717) is 37.1 Å². The second-order valence-corrected chi connectivity index (χ2v) is 5.74. The second kappa shape index (κ2) is 8.36. The maximum Gasteiger partial charge on any atom is 0.263 e. The molecule has 6 heteroatoms. The molecule has 5 nitrogen and oxygen atoms in total. The highest BCUT2D eigenvalue weighted by Crippen LogP contribution is 2.20. The molecule has 0 bridgehead atoms. The van der Waals surface area contributed by atoms with Crippen molar-refractivity contribution in [1.82, 2.24) is 4.90 Å². The maximum absolute atomic E-state index is 12.2. The number of methoxy groups -OCH3 is 1. The molecule has 1 fully saturated rings. The molecule has 1 aromatic carbocycles. The lowest BCUT2D eigenvalue weighted by molar-refractivity contribution is -0.151. The van der Waals surface area contributed by atoms with Crippen LogP contribution >= 0.6 is 11.6 Å². The number of carbonyl (C=O) groups excluding carboxylic acids is 1. The lowest BCUT2D eigenvalue weighted by Crippen LogP contribution is -2.57. The topological polar surface area (TPSA) is 48.0 Å². The number of carbonyl (C=O) groups is 1. The summed E-state index contributed by atoms with van der Waals surface area (Å²) < 4.78 is 16.2. The van der Waals surface area contributed by atoms with Crippen LogP contribution in [0.5, 0.6) is 5.75 Å². The van der Waals surface area contributed by atoms with Crippen molar-refractivity contribution in [3.63, 3.8) is 0 Å². The molecule has 0 aromatic heterocycles. The van der Waals surface area contributed by atoms with Crippen molar-refractivity contribution in [3.05, 3.63) is 29.3 Å². The van der Waals surface area contributed by atoms with Gasteiger partial charge in [-0.05, 0) is 31.5 Å². The molecule has 1 atom stereocenters. The number of nitrogens with zero attached hydrogens (tertiary/aromatic N) is 1. The van der Waals surface area contributed by atoms with E-state index >= 15 is 0 Å². The summed E-state index contributed by atoms with van der Waals surface area (Å²) >= 11 is 5.90. The maximum atomic E-state index is 12.2. The van der Waals surface area contributed by atoms with Crippen molar-refractivity contribution in [2.75, 3.05) is 33.4 Å². The normalized spacial score (nSPS) is 16.2. The van der Waals surface area contributed by atoms with E-state index in [2.05, 4.69) is 0 Å². The number of likely N-dealkylation sites (tertiary alicyclic amines) is 1. The number of hydrogen-bond acceptors (Lipinski definition) is 4. The second-order valence-electron chi connectivity index (χ2n) is 5.30. The number of rotatable bonds is 8. The Morgan fingerprint density at radius 3 is 2.86 bits per heavy atom. The molecular weight excluding hydrogens is 306 g/mol. The van der Waals surface area contributed by atoms with Gasteiger partial charge in [0.15, 0.2) is 6.10 Å². The summed E-state index contributed by atoms with van der Waals surface area (Å²) in [6.45, 7) is 4.34. The first-order valence-corrected chi connectivity index (χ1v) is 7.79. The van der Waals surface area contributed by atoms with E-state index in [1.165, 1.54) is 0 Å².